The van der Waals surface area contributed by atoms with Crippen molar-refractivity contribution >= 4 is 5.91 Å². The van der Waals surface area contributed by atoms with Gasteiger partial charge in [-0.1, -0.05) is 26.2 Å². The van der Waals surface area contributed by atoms with Gasteiger partial charge in [0.25, 0.3) is 0 Å². The summed E-state index contributed by atoms with van der Waals surface area (Å²) in [4.78, 5) is 11.9. The van der Waals surface area contributed by atoms with Gasteiger partial charge in [0.05, 0.1) is 12.0 Å². The molecule has 3 atom stereocenters. The Bertz CT molecular complexity index is 257. The lowest BCUT2D eigenvalue weighted by Gasteiger charge is -2.17. The van der Waals surface area contributed by atoms with Crippen LogP contribution < -0.4 is 10.6 Å². The molecule has 1 heterocycles. The maximum Gasteiger partial charge on any atom is 0.225 e. The molecule has 0 spiro atoms. The first-order valence-electron chi connectivity index (χ1n) is 5.66. The molecule has 84 valence electrons. The summed E-state index contributed by atoms with van der Waals surface area (Å²) in [7, 11) is 0. The third-order valence-electron chi connectivity index (χ3n) is 2.95. The van der Waals surface area contributed by atoms with Gasteiger partial charge in [0.15, 0.2) is 0 Å². The molecule has 1 aliphatic heterocycles. The molecule has 1 rings (SSSR count). The molecule has 1 saturated heterocycles. The second kappa shape index (κ2) is 5.77. The smallest absolute Gasteiger partial charge is 0.225 e. The number of nitrogens with one attached hydrogen (secondary N) is 2. The van der Waals surface area contributed by atoms with Crippen molar-refractivity contribution in [3.05, 3.63) is 0 Å². The predicted molar refractivity (Wildman–Crippen MR) is 61.2 cm³/mol. The maximum absolute atomic E-state index is 11.9. The van der Waals surface area contributed by atoms with E-state index in [0.29, 0.717) is 5.92 Å². The van der Waals surface area contributed by atoms with E-state index < -0.39 is 0 Å². The highest BCUT2D eigenvalue weighted by Crippen LogP contribution is 2.16. The van der Waals surface area contributed by atoms with Gasteiger partial charge < -0.3 is 10.6 Å². The van der Waals surface area contributed by atoms with Gasteiger partial charge in [0.1, 0.15) is 0 Å². The summed E-state index contributed by atoms with van der Waals surface area (Å²) in [6.45, 7) is 5.86. The summed E-state index contributed by atoms with van der Waals surface area (Å²) in [5.74, 6) is 3.21. The Labute approximate surface area is 92.0 Å². The molecule has 1 unspecified atom stereocenters. The van der Waals surface area contributed by atoms with E-state index in [1.807, 2.05) is 0 Å². The molecule has 0 bridgehead atoms. The zero-order valence-corrected chi connectivity index (χ0v) is 9.55. The van der Waals surface area contributed by atoms with Gasteiger partial charge in [-0.25, -0.2) is 0 Å². The molecule has 1 aliphatic rings. The highest BCUT2D eigenvalue weighted by Gasteiger charge is 2.30. The second-order valence-corrected chi connectivity index (χ2v) is 4.26. The zero-order valence-electron chi connectivity index (χ0n) is 9.55. The Morgan fingerprint density at radius 2 is 2.40 bits per heavy atom. The summed E-state index contributed by atoms with van der Waals surface area (Å²) in [6, 6.07) is -0.102. The summed E-state index contributed by atoms with van der Waals surface area (Å²) in [6.07, 6.45) is 7.21. The van der Waals surface area contributed by atoms with E-state index in [-0.39, 0.29) is 17.9 Å². The zero-order chi connectivity index (χ0) is 11.3. The SMILES string of the molecule is C#CC(CCC)NC(=O)[C@@H]1CNC[C@H]1C. The minimum Gasteiger partial charge on any atom is -0.342 e. The summed E-state index contributed by atoms with van der Waals surface area (Å²) in [5.41, 5.74) is 0. The van der Waals surface area contributed by atoms with Crippen molar-refractivity contribution in [1.29, 1.82) is 0 Å². The normalized spacial score (nSPS) is 27.0. The lowest BCUT2D eigenvalue weighted by molar-refractivity contribution is -0.125. The number of carbonyl (C=O) groups is 1. The van der Waals surface area contributed by atoms with E-state index >= 15 is 0 Å². The Balaban J connectivity index is 2.43. The number of terminal acetylenes is 1. The van der Waals surface area contributed by atoms with E-state index in [2.05, 4.69) is 30.4 Å². The van der Waals surface area contributed by atoms with Crippen LogP contribution in [0.25, 0.3) is 0 Å². The largest absolute Gasteiger partial charge is 0.342 e. The average molecular weight is 208 g/mol. The van der Waals surface area contributed by atoms with E-state index in [1.165, 1.54) is 0 Å². The quantitative estimate of drug-likeness (QED) is 0.670. The number of hydrogen-bond acceptors (Lipinski definition) is 2. The predicted octanol–water partition coefficient (Wildman–Crippen LogP) is 0.760. The van der Waals surface area contributed by atoms with Gasteiger partial charge in [-0.15, -0.1) is 6.42 Å². The number of hydrogen-bond donors (Lipinski definition) is 2. The molecule has 0 aliphatic carbocycles. The van der Waals surface area contributed by atoms with Crippen LogP contribution in [-0.2, 0) is 4.79 Å². The number of carbonyl (C=O) groups excluding carboxylic acids is 1. The fourth-order valence-electron chi connectivity index (χ4n) is 1.93. The molecule has 1 fully saturated rings. The molecular weight excluding hydrogens is 188 g/mol. The first-order chi connectivity index (χ1) is 7.19. The Morgan fingerprint density at radius 3 is 2.87 bits per heavy atom. The van der Waals surface area contributed by atoms with Gasteiger partial charge >= 0.3 is 0 Å². The van der Waals surface area contributed by atoms with E-state index in [0.717, 1.165) is 25.9 Å². The Morgan fingerprint density at radius 1 is 1.67 bits per heavy atom. The van der Waals surface area contributed by atoms with E-state index in [1.54, 1.807) is 0 Å². The van der Waals surface area contributed by atoms with Crippen LogP contribution in [0.2, 0.25) is 0 Å². The molecule has 3 heteroatoms. The first-order valence-corrected chi connectivity index (χ1v) is 5.66. The highest BCUT2D eigenvalue weighted by molar-refractivity contribution is 5.80. The van der Waals surface area contributed by atoms with Crippen LogP contribution >= 0.6 is 0 Å². The molecule has 0 aromatic carbocycles. The van der Waals surface area contributed by atoms with Crippen molar-refractivity contribution in [1.82, 2.24) is 10.6 Å². The molecule has 1 amide bonds. The molecule has 0 radical (unpaired) electrons. The standard InChI is InChI=1S/C12H20N2O/c1-4-6-10(5-2)14-12(15)11-8-13-7-9(11)3/h2,9-11,13H,4,6-8H2,1,3H3,(H,14,15)/t9-,10?,11-/m1/s1. The Kier molecular flexibility index (Phi) is 4.64. The first kappa shape index (κ1) is 12.1. The van der Waals surface area contributed by atoms with Crippen molar-refractivity contribution in [2.45, 2.75) is 32.7 Å². The van der Waals surface area contributed by atoms with Crippen LogP contribution in [0.15, 0.2) is 0 Å². The van der Waals surface area contributed by atoms with E-state index in [9.17, 15) is 4.79 Å². The summed E-state index contributed by atoms with van der Waals surface area (Å²) in [5, 5.41) is 6.14. The third kappa shape index (κ3) is 3.24. The third-order valence-corrected chi connectivity index (χ3v) is 2.95. The molecule has 0 aromatic heterocycles. The lowest BCUT2D eigenvalue weighted by Crippen LogP contribution is -2.40. The molecular formula is C12H20N2O. The molecule has 15 heavy (non-hydrogen) atoms. The lowest BCUT2D eigenvalue weighted by atomic mass is 9.97. The average Bonchev–Trinajstić information content (AvgIpc) is 2.63. The second-order valence-electron chi connectivity index (χ2n) is 4.26. The van der Waals surface area contributed by atoms with Gasteiger partial charge in [-0.3, -0.25) is 4.79 Å². The highest BCUT2D eigenvalue weighted by atomic mass is 16.2. The Hall–Kier alpha value is -1.01. The summed E-state index contributed by atoms with van der Waals surface area (Å²) >= 11 is 0. The molecule has 0 aromatic rings. The molecule has 0 saturated carbocycles. The minimum absolute atomic E-state index is 0.0812. The fraction of sp³-hybridized carbons (Fsp3) is 0.750. The van der Waals surface area contributed by atoms with Gasteiger partial charge in [0.2, 0.25) is 5.91 Å². The van der Waals surface area contributed by atoms with Crippen molar-refractivity contribution in [2.75, 3.05) is 13.1 Å². The van der Waals surface area contributed by atoms with Crippen LogP contribution in [0.4, 0.5) is 0 Å². The summed E-state index contributed by atoms with van der Waals surface area (Å²) < 4.78 is 0. The van der Waals surface area contributed by atoms with Crippen LogP contribution in [0, 0.1) is 24.2 Å². The van der Waals surface area contributed by atoms with Crippen LogP contribution in [0.5, 0.6) is 0 Å². The van der Waals surface area contributed by atoms with Crippen LogP contribution in [0.1, 0.15) is 26.7 Å². The monoisotopic (exact) mass is 208 g/mol. The topological polar surface area (TPSA) is 41.1 Å². The van der Waals surface area contributed by atoms with Gasteiger partial charge in [-0.2, -0.15) is 0 Å². The molecule has 2 N–H and O–H groups in total. The number of rotatable bonds is 4. The molecule has 3 nitrogen and oxygen atoms in total. The van der Waals surface area contributed by atoms with Crippen molar-refractivity contribution in [3.8, 4) is 12.3 Å². The van der Waals surface area contributed by atoms with Crippen molar-refractivity contribution < 1.29 is 4.79 Å². The van der Waals surface area contributed by atoms with Crippen LogP contribution in [0.3, 0.4) is 0 Å². The maximum atomic E-state index is 11.9. The van der Waals surface area contributed by atoms with Gasteiger partial charge in [-0.05, 0) is 18.9 Å². The van der Waals surface area contributed by atoms with Gasteiger partial charge in [0, 0.05) is 6.54 Å². The van der Waals surface area contributed by atoms with Crippen molar-refractivity contribution in [2.24, 2.45) is 11.8 Å². The minimum atomic E-state index is -0.102. The fourth-order valence-corrected chi connectivity index (χ4v) is 1.93. The van der Waals surface area contributed by atoms with E-state index in [4.69, 9.17) is 6.42 Å². The number of amides is 1. The van der Waals surface area contributed by atoms with Crippen molar-refractivity contribution in [3.63, 3.8) is 0 Å². The van der Waals surface area contributed by atoms with Crippen LogP contribution in [-0.4, -0.2) is 25.0 Å².